The maximum Gasteiger partial charge on any atom is 0.254 e. The number of nitrogens with zero attached hydrogens (tertiary/aromatic N) is 20. The van der Waals surface area contributed by atoms with Crippen molar-refractivity contribution in [3.63, 3.8) is 0 Å². The van der Waals surface area contributed by atoms with Crippen molar-refractivity contribution in [2.24, 2.45) is 0 Å². The predicted octanol–water partition coefficient (Wildman–Crippen LogP) is 1.49. The van der Waals surface area contributed by atoms with Crippen molar-refractivity contribution < 1.29 is 62.4 Å². The second kappa shape index (κ2) is 42.5. The molecule has 2 saturated carbocycles. The quantitative estimate of drug-likeness (QED) is 0.0166. The lowest BCUT2D eigenvalue weighted by Crippen LogP contribution is -2.36. The Bertz CT molecular complexity index is 5240. The number of aromatic nitrogens is 16. The van der Waals surface area contributed by atoms with Gasteiger partial charge in [0.15, 0.2) is 22.6 Å². The molecule has 8 aromatic heterocycles. The number of amides is 8. The Morgan fingerprint density at radius 3 is 1.16 bits per heavy atom. The van der Waals surface area contributed by atoms with Crippen molar-refractivity contribution in [1.29, 1.82) is 0 Å². The maximum atomic E-state index is 12.0. The Balaban J connectivity index is 0.000000141. The number of hydrogen-bond acceptors (Lipinski definition) is 36. The van der Waals surface area contributed by atoms with E-state index in [9.17, 15) is 43.5 Å². The van der Waals surface area contributed by atoms with Gasteiger partial charge in [0.25, 0.3) is 23.6 Å². The minimum Gasteiger partial charge on any atom is -0.393 e. The number of carbonyl (C=O) groups is 8. The lowest BCUT2D eigenvalue weighted by Gasteiger charge is -2.33. The lowest BCUT2D eigenvalue weighted by atomic mass is 9.91. The molecule has 0 radical (unpaired) electrons. The normalized spacial score (nSPS) is 20.9. The molecule has 14 heterocycles. The number of likely N-dealkylation sites (tertiary alicyclic amines) is 1. The van der Waals surface area contributed by atoms with Gasteiger partial charge in [0.1, 0.15) is 0 Å². The minimum atomic E-state index is -0.397. The number of fused-ring (bicyclic) bond motifs is 4. The Hall–Kier alpha value is -12.2. The van der Waals surface area contributed by atoms with E-state index in [1.165, 1.54) is 25.9 Å². The van der Waals surface area contributed by atoms with Crippen molar-refractivity contribution in [2.45, 2.75) is 127 Å². The molecule has 0 atom stereocenters. The van der Waals surface area contributed by atoms with Gasteiger partial charge in [0.2, 0.25) is 71.2 Å². The summed E-state index contributed by atoms with van der Waals surface area (Å²) in [5.74, 6) is 1.43. The first-order valence-electron chi connectivity index (χ1n) is 41.6. The number of anilines is 8. The highest BCUT2D eigenvalue weighted by atomic mass is 16.5. The van der Waals surface area contributed by atoms with Crippen molar-refractivity contribution in [3.8, 4) is 0 Å². The summed E-state index contributed by atoms with van der Waals surface area (Å²) >= 11 is 0. The standard InChI is InChI=1S/C21H30N8O3.C20H28N8O3.C19H26N8O3.C19H25N7O4/c1-28(2)16-6-4-15(5-7-16)24-20-26-18-14(10-13-11-17(30)25-19(13)31)12-23-29(18)21(27-20)22-8-9-32-3;1-31-10-6-22-20-26-19(21-5-4-9-27-7-2-3-8-27)25-17-15(13-23-28(17)20)11-14-12-16(29)24-18(14)30;1-25-5-3-6-26(8-7-25)19-23-16-14(10-13-11-15(28)22-17(13)29)12-21-27(16)18(24-19)20-4-9-30-2;1-30-7-6-20-19-25-18(22-13-2-4-14(27)5-3-13)24-16-12(10-21-26(16)19)8-11-9-15(28)23-17(11)29/h10,12,15-16H,4-9,11H2,1-3H3,(H,25,30,31)(H2,22,24,26,27);11,13H,2-10,12H2,1H3,(H,24,29,30)(H2,21,22,25,26);10,12H,3-9,11H2,1-2H3,(H,20,23,24)(H,22,28,29);8,10,13-14,27H,2-7,9H2,1H3,(H,23,28,29)(H2,20,22,24,25)/b13-10+;14-11+;13-10+;11-8+. The van der Waals surface area contributed by atoms with E-state index in [1.54, 1.807) is 95.6 Å². The smallest absolute Gasteiger partial charge is 0.254 e. The first-order chi connectivity index (χ1) is 59.7. The van der Waals surface area contributed by atoms with Crippen LogP contribution in [0, 0.1) is 0 Å². The Morgan fingerprint density at radius 1 is 0.423 bits per heavy atom. The molecular weight excluding hydrogens is 1590 g/mol. The fourth-order valence-electron chi connectivity index (χ4n) is 15.2. The van der Waals surface area contributed by atoms with E-state index in [4.69, 9.17) is 33.9 Å². The van der Waals surface area contributed by atoms with Gasteiger partial charge in [0, 0.05) is 143 Å². The van der Waals surface area contributed by atoms with Crippen LogP contribution in [-0.4, -0.2) is 324 Å². The van der Waals surface area contributed by atoms with E-state index < -0.39 is 5.91 Å². The molecule has 8 aromatic rings. The molecule has 16 rings (SSSR count). The van der Waals surface area contributed by atoms with E-state index in [1.807, 2.05) is 0 Å². The van der Waals surface area contributed by atoms with Gasteiger partial charge in [-0.2, -0.15) is 78.3 Å². The number of nitrogens with one attached hydrogen (secondary N) is 11. The number of ether oxygens (including phenoxy) is 4. The van der Waals surface area contributed by atoms with Crippen molar-refractivity contribution >= 4 is 142 Å². The second-order valence-electron chi connectivity index (χ2n) is 31.1. The summed E-state index contributed by atoms with van der Waals surface area (Å²) in [5, 5.41) is 59.4. The van der Waals surface area contributed by atoms with Gasteiger partial charge >= 0.3 is 0 Å². The van der Waals surface area contributed by atoms with E-state index in [-0.39, 0.29) is 79.2 Å². The third-order valence-electron chi connectivity index (χ3n) is 21.8. The van der Waals surface area contributed by atoms with Crippen molar-refractivity contribution in [3.05, 3.63) is 69.3 Å². The monoisotopic (exact) mass is 1700 g/mol. The molecule has 0 unspecified atom stereocenters. The van der Waals surface area contributed by atoms with Crippen molar-refractivity contribution in [1.82, 2.24) is 114 Å². The van der Waals surface area contributed by atoms with Gasteiger partial charge in [-0.3, -0.25) is 59.6 Å². The number of aliphatic hydroxyl groups excluding tert-OH is 1. The van der Waals surface area contributed by atoms with Crippen LogP contribution in [0.2, 0.25) is 0 Å². The summed E-state index contributed by atoms with van der Waals surface area (Å²) in [4.78, 5) is 140. The van der Waals surface area contributed by atoms with Gasteiger partial charge in [-0.15, -0.1) is 0 Å². The molecule has 2 aliphatic carbocycles. The third kappa shape index (κ3) is 23.5. The SMILES string of the molecule is COCCNc1nc(N2CCCN(C)CC2)nc2c(/C=C3\CC(=O)NC3=O)cnn12.COCCNc1nc(NC2CCC(N(C)C)CC2)nc2c(/C=C3\CC(=O)NC3=O)cnn12.COCCNc1nc(NC2CCC(O)CC2)nc2c(/C=C3\CC(=O)NC3=O)cnn12.COCCNc1nc(NCCCN2CCCC2)nc2c(/C=C3\CC(=O)NC3=O)cnn12. The van der Waals surface area contributed by atoms with Gasteiger partial charge < -0.3 is 80.9 Å². The van der Waals surface area contributed by atoms with Crippen molar-refractivity contribution in [2.75, 3.05) is 197 Å². The van der Waals surface area contributed by atoms with Gasteiger partial charge in [-0.25, -0.2) is 0 Å². The van der Waals surface area contributed by atoms with Gasteiger partial charge in [-0.1, -0.05) is 0 Å². The molecule has 44 nitrogen and oxygen atoms in total. The van der Waals surface area contributed by atoms with Crippen LogP contribution in [0.1, 0.15) is 125 Å². The minimum absolute atomic E-state index is 0.0374. The maximum absolute atomic E-state index is 12.0. The number of hydrogen-bond donors (Lipinski definition) is 12. The average molecular weight is 1700 g/mol. The number of rotatable bonds is 31. The number of methoxy groups -OCH3 is 4. The summed E-state index contributed by atoms with van der Waals surface area (Å²) < 4.78 is 26.8. The fraction of sp³-hybridized carbons (Fsp3) is 0.544. The molecule has 12 N–H and O–H groups in total. The molecule has 8 amide bonds. The van der Waals surface area contributed by atoms with E-state index in [0.717, 1.165) is 103 Å². The van der Waals surface area contributed by atoms with Crippen LogP contribution >= 0.6 is 0 Å². The summed E-state index contributed by atoms with van der Waals surface area (Å²) in [7, 11) is 12.9. The molecule has 6 saturated heterocycles. The Kier molecular flexibility index (Phi) is 30.6. The summed E-state index contributed by atoms with van der Waals surface area (Å²) in [6.45, 7) is 12.1. The highest BCUT2D eigenvalue weighted by Crippen LogP contribution is 2.30. The van der Waals surface area contributed by atoms with Crippen LogP contribution in [0.4, 0.5) is 47.6 Å². The molecule has 8 fully saturated rings. The highest BCUT2D eigenvalue weighted by molar-refractivity contribution is 6.18. The van der Waals surface area contributed by atoms with Crippen LogP contribution in [0.25, 0.3) is 46.9 Å². The number of aliphatic hydroxyl groups is 1. The largest absolute Gasteiger partial charge is 0.393 e. The van der Waals surface area contributed by atoms with Crippen LogP contribution in [0.5, 0.6) is 0 Å². The summed E-state index contributed by atoms with van der Waals surface area (Å²) in [5.41, 5.74) is 6.37. The second-order valence-corrected chi connectivity index (χ2v) is 31.1. The molecule has 123 heavy (non-hydrogen) atoms. The first-order valence-corrected chi connectivity index (χ1v) is 41.6. The number of carbonyl (C=O) groups excluding carboxylic acids is 8. The third-order valence-corrected chi connectivity index (χ3v) is 21.8. The van der Waals surface area contributed by atoms with E-state index in [0.29, 0.717) is 179 Å². The van der Waals surface area contributed by atoms with Crippen LogP contribution < -0.4 is 63.4 Å². The average Bonchev–Trinajstić information content (AvgIpc) is 1.67. The molecule has 44 heteroatoms. The number of imide groups is 4. The molecule has 658 valence electrons. The molecule has 0 bridgehead atoms. The summed E-state index contributed by atoms with van der Waals surface area (Å²) in [6, 6.07) is 1.07. The fourth-order valence-corrected chi connectivity index (χ4v) is 15.2. The molecule has 8 aliphatic rings. The molecular formula is C79H109N31O13. The topological polar surface area (TPSA) is 511 Å². The highest BCUT2D eigenvalue weighted by Gasteiger charge is 2.32. The van der Waals surface area contributed by atoms with Gasteiger partial charge in [0.05, 0.1) is 83.0 Å². The van der Waals surface area contributed by atoms with Crippen LogP contribution in [0.3, 0.4) is 0 Å². The van der Waals surface area contributed by atoms with Crippen LogP contribution in [0.15, 0.2) is 47.1 Å². The Labute approximate surface area is 708 Å². The Morgan fingerprint density at radius 2 is 0.789 bits per heavy atom. The zero-order chi connectivity index (χ0) is 86.5. The lowest BCUT2D eigenvalue weighted by molar-refractivity contribution is -0.125. The van der Waals surface area contributed by atoms with Gasteiger partial charge in [-0.05, 0) is 149 Å². The summed E-state index contributed by atoms with van der Waals surface area (Å²) in [6.07, 6.45) is 25.2. The van der Waals surface area contributed by atoms with E-state index in [2.05, 4.69) is 145 Å². The van der Waals surface area contributed by atoms with Crippen LogP contribution in [-0.2, 0) is 57.3 Å². The predicted molar refractivity (Wildman–Crippen MR) is 456 cm³/mol. The number of likely N-dealkylation sites (N-methyl/N-ethyl adjacent to an activating group) is 1. The molecule has 6 aliphatic heterocycles. The first kappa shape index (κ1) is 88.6. The molecule has 0 aromatic carbocycles. The zero-order valence-electron chi connectivity index (χ0n) is 70.3. The zero-order valence-corrected chi connectivity index (χ0v) is 70.3. The molecule has 0 spiro atoms. The van der Waals surface area contributed by atoms with E-state index >= 15 is 0 Å².